The summed E-state index contributed by atoms with van der Waals surface area (Å²) in [5.74, 6) is 0.00475. The smallest absolute Gasteiger partial charge is 0.251 e. The number of hydrogen-bond acceptors (Lipinski definition) is 4. The summed E-state index contributed by atoms with van der Waals surface area (Å²) in [5.41, 5.74) is 1.92. The minimum Gasteiger partial charge on any atom is -0.497 e. The third-order valence-corrected chi connectivity index (χ3v) is 3.47. The molecular weight excluding hydrogens is 308 g/mol. The van der Waals surface area contributed by atoms with Crippen LogP contribution in [-0.2, 0) is 4.79 Å². The molecule has 24 heavy (non-hydrogen) atoms. The van der Waals surface area contributed by atoms with Gasteiger partial charge in [-0.1, -0.05) is 6.07 Å². The maximum absolute atomic E-state index is 12.1. The number of carbonyl (C=O) groups is 2. The van der Waals surface area contributed by atoms with E-state index in [-0.39, 0.29) is 18.4 Å². The van der Waals surface area contributed by atoms with Crippen LogP contribution in [0.3, 0.4) is 0 Å². The van der Waals surface area contributed by atoms with Crippen molar-refractivity contribution in [2.24, 2.45) is 0 Å². The highest BCUT2D eigenvalue weighted by Crippen LogP contribution is 2.16. The number of aromatic nitrogens is 2. The minimum absolute atomic E-state index is 0.126. The number of nitrogens with zero attached hydrogens (tertiary/aromatic N) is 1. The number of nitrogens with one attached hydrogen (secondary N) is 3. The van der Waals surface area contributed by atoms with Gasteiger partial charge in [-0.2, -0.15) is 5.10 Å². The Morgan fingerprint density at radius 2 is 2.08 bits per heavy atom. The Kier molecular flexibility index (Phi) is 4.42. The molecule has 0 fully saturated rings. The molecule has 1 heterocycles. The molecular formula is C17H16N4O3. The monoisotopic (exact) mass is 324 g/mol. The van der Waals surface area contributed by atoms with Gasteiger partial charge in [0.1, 0.15) is 5.75 Å². The molecule has 7 heteroatoms. The Morgan fingerprint density at radius 3 is 2.92 bits per heavy atom. The fourth-order valence-electron chi connectivity index (χ4n) is 2.25. The van der Waals surface area contributed by atoms with Crippen LogP contribution in [0, 0.1) is 0 Å². The van der Waals surface area contributed by atoms with Gasteiger partial charge in [-0.05, 0) is 30.3 Å². The summed E-state index contributed by atoms with van der Waals surface area (Å²) in [7, 11) is 1.55. The maximum atomic E-state index is 12.1. The number of amides is 2. The summed E-state index contributed by atoms with van der Waals surface area (Å²) in [6.07, 6.45) is 1.64. The molecule has 0 saturated heterocycles. The standard InChI is InChI=1S/C17H16N4O3/c1-24-14-4-2-3-13(8-14)20-16(22)10-18-17(23)11-5-6-15-12(7-11)9-19-21-15/h2-9H,10H2,1H3,(H,18,23)(H,19,21)(H,20,22). The number of anilines is 1. The van der Waals surface area contributed by atoms with Crippen LogP contribution in [0.4, 0.5) is 5.69 Å². The second-order valence-electron chi connectivity index (χ2n) is 5.13. The van der Waals surface area contributed by atoms with Crippen LogP contribution in [-0.4, -0.2) is 35.7 Å². The summed E-state index contributed by atoms with van der Waals surface area (Å²) in [4.78, 5) is 24.1. The second-order valence-corrected chi connectivity index (χ2v) is 5.13. The van der Waals surface area contributed by atoms with E-state index in [2.05, 4.69) is 20.8 Å². The van der Waals surface area contributed by atoms with Crippen molar-refractivity contribution < 1.29 is 14.3 Å². The minimum atomic E-state index is -0.320. The van der Waals surface area contributed by atoms with E-state index in [1.165, 1.54) is 0 Å². The first-order valence-corrected chi connectivity index (χ1v) is 7.31. The Balaban J connectivity index is 1.57. The molecule has 1 aromatic heterocycles. The van der Waals surface area contributed by atoms with Gasteiger partial charge in [0.05, 0.1) is 25.4 Å². The third kappa shape index (κ3) is 3.52. The van der Waals surface area contributed by atoms with Crippen LogP contribution in [0.25, 0.3) is 10.9 Å². The number of hydrogen-bond donors (Lipinski definition) is 3. The molecule has 0 bridgehead atoms. The average Bonchev–Trinajstić information content (AvgIpc) is 3.07. The SMILES string of the molecule is COc1cccc(NC(=O)CNC(=O)c2ccc3[nH]ncc3c2)c1. The van der Waals surface area contributed by atoms with Crippen molar-refractivity contribution >= 4 is 28.4 Å². The first-order valence-electron chi connectivity index (χ1n) is 7.31. The van der Waals surface area contributed by atoms with E-state index in [0.717, 1.165) is 10.9 Å². The molecule has 3 aromatic rings. The van der Waals surface area contributed by atoms with E-state index in [4.69, 9.17) is 4.74 Å². The molecule has 0 unspecified atom stereocenters. The van der Waals surface area contributed by atoms with Gasteiger partial charge < -0.3 is 15.4 Å². The molecule has 0 radical (unpaired) electrons. The number of benzene rings is 2. The lowest BCUT2D eigenvalue weighted by molar-refractivity contribution is -0.115. The summed E-state index contributed by atoms with van der Waals surface area (Å²) in [5, 5.41) is 12.9. The molecule has 0 atom stereocenters. The van der Waals surface area contributed by atoms with Gasteiger partial charge in [0.25, 0.3) is 5.91 Å². The van der Waals surface area contributed by atoms with Crippen LogP contribution in [0.15, 0.2) is 48.7 Å². The molecule has 3 N–H and O–H groups in total. The Hall–Kier alpha value is -3.35. The number of rotatable bonds is 5. The highest BCUT2D eigenvalue weighted by molar-refractivity contribution is 6.01. The van der Waals surface area contributed by atoms with Crippen LogP contribution < -0.4 is 15.4 Å². The maximum Gasteiger partial charge on any atom is 0.251 e. The molecule has 3 rings (SSSR count). The molecule has 0 spiro atoms. The fourth-order valence-corrected chi connectivity index (χ4v) is 2.25. The van der Waals surface area contributed by atoms with E-state index < -0.39 is 0 Å². The summed E-state index contributed by atoms with van der Waals surface area (Å²) in [6, 6.07) is 12.2. The van der Waals surface area contributed by atoms with E-state index in [0.29, 0.717) is 17.0 Å². The predicted molar refractivity (Wildman–Crippen MR) is 90.1 cm³/mol. The van der Waals surface area contributed by atoms with Crippen molar-refractivity contribution in [3.63, 3.8) is 0 Å². The molecule has 7 nitrogen and oxygen atoms in total. The lowest BCUT2D eigenvalue weighted by atomic mass is 10.1. The lowest BCUT2D eigenvalue weighted by Crippen LogP contribution is -2.32. The average molecular weight is 324 g/mol. The van der Waals surface area contributed by atoms with Gasteiger partial charge in [0.2, 0.25) is 5.91 Å². The second kappa shape index (κ2) is 6.82. The van der Waals surface area contributed by atoms with E-state index in [1.54, 1.807) is 55.8 Å². The first kappa shape index (κ1) is 15.5. The normalized spacial score (nSPS) is 10.4. The number of methoxy groups -OCH3 is 1. The summed E-state index contributed by atoms with van der Waals surface area (Å²) < 4.78 is 5.09. The lowest BCUT2D eigenvalue weighted by Gasteiger charge is -2.08. The highest BCUT2D eigenvalue weighted by Gasteiger charge is 2.09. The molecule has 2 aromatic carbocycles. The Labute approximate surface area is 138 Å². The molecule has 0 saturated carbocycles. The fraction of sp³-hybridized carbons (Fsp3) is 0.118. The number of fused-ring (bicyclic) bond motifs is 1. The summed E-state index contributed by atoms with van der Waals surface area (Å²) in [6.45, 7) is -0.126. The third-order valence-electron chi connectivity index (χ3n) is 3.47. The van der Waals surface area contributed by atoms with Gasteiger partial charge in [-0.25, -0.2) is 0 Å². The zero-order valence-electron chi connectivity index (χ0n) is 13.0. The largest absolute Gasteiger partial charge is 0.497 e. The van der Waals surface area contributed by atoms with Crippen LogP contribution in [0.2, 0.25) is 0 Å². The number of ether oxygens (including phenoxy) is 1. The summed E-state index contributed by atoms with van der Waals surface area (Å²) >= 11 is 0. The number of aromatic amines is 1. The number of carbonyl (C=O) groups excluding carboxylic acids is 2. The van der Waals surface area contributed by atoms with E-state index in [1.807, 2.05) is 0 Å². The van der Waals surface area contributed by atoms with Gasteiger partial charge in [-0.3, -0.25) is 14.7 Å². The van der Waals surface area contributed by atoms with Gasteiger partial charge in [0.15, 0.2) is 0 Å². The van der Waals surface area contributed by atoms with Gasteiger partial charge >= 0.3 is 0 Å². The predicted octanol–water partition coefficient (Wildman–Crippen LogP) is 1.94. The van der Waals surface area contributed by atoms with Crippen molar-refractivity contribution in [2.75, 3.05) is 19.0 Å². The zero-order chi connectivity index (χ0) is 16.9. The molecule has 122 valence electrons. The number of H-pyrrole nitrogens is 1. The topological polar surface area (TPSA) is 96.1 Å². The zero-order valence-corrected chi connectivity index (χ0v) is 13.0. The van der Waals surface area contributed by atoms with Crippen LogP contribution in [0.5, 0.6) is 5.75 Å². The first-order chi connectivity index (χ1) is 11.7. The van der Waals surface area contributed by atoms with E-state index >= 15 is 0 Å². The quantitative estimate of drug-likeness (QED) is 0.668. The molecule has 0 aliphatic carbocycles. The van der Waals surface area contributed by atoms with Crippen molar-refractivity contribution in [3.05, 3.63) is 54.2 Å². The van der Waals surface area contributed by atoms with Crippen molar-refractivity contribution in [3.8, 4) is 5.75 Å². The van der Waals surface area contributed by atoms with Gasteiger partial charge in [0, 0.05) is 22.7 Å². The molecule has 0 aliphatic heterocycles. The Bertz CT molecular complexity index is 888. The molecule has 0 aliphatic rings. The van der Waals surface area contributed by atoms with Crippen molar-refractivity contribution in [1.82, 2.24) is 15.5 Å². The van der Waals surface area contributed by atoms with Crippen molar-refractivity contribution in [1.29, 1.82) is 0 Å². The Morgan fingerprint density at radius 1 is 1.21 bits per heavy atom. The highest BCUT2D eigenvalue weighted by atomic mass is 16.5. The molecule has 2 amide bonds. The van der Waals surface area contributed by atoms with Crippen LogP contribution in [0.1, 0.15) is 10.4 Å². The van der Waals surface area contributed by atoms with Crippen LogP contribution >= 0.6 is 0 Å². The van der Waals surface area contributed by atoms with E-state index in [9.17, 15) is 9.59 Å². The van der Waals surface area contributed by atoms with Gasteiger partial charge in [-0.15, -0.1) is 0 Å². The van der Waals surface area contributed by atoms with Crippen molar-refractivity contribution in [2.45, 2.75) is 0 Å².